The average Bonchev–Trinajstić information content (AvgIpc) is 2.29. The van der Waals surface area contributed by atoms with Crippen LogP contribution in [0.5, 0.6) is 0 Å². The summed E-state index contributed by atoms with van der Waals surface area (Å²) >= 11 is 0. The van der Waals surface area contributed by atoms with Crippen molar-refractivity contribution in [2.75, 3.05) is 7.05 Å². The van der Waals surface area contributed by atoms with Crippen molar-refractivity contribution in [2.24, 2.45) is 0 Å². The zero-order chi connectivity index (χ0) is 12.1. The summed E-state index contributed by atoms with van der Waals surface area (Å²) in [6.45, 7) is 3.88. The van der Waals surface area contributed by atoms with Crippen LogP contribution in [0.4, 0.5) is 0 Å². The van der Waals surface area contributed by atoms with Gasteiger partial charge in [-0.1, -0.05) is 6.92 Å². The molecule has 0 aliphatic rings. The van der Waals surface area contributed by atoms with Gasteiger partial charge < -0.3 is 5.11 Å². The molecule has 0 amide bonds. The van der Waals surface area contributed by atoms with Crippen LogP contribution in [0.25, 0.3) is 0 Å². The molecule has 1 N–H and O–H groups in total. The van der Waals surface area contributed by atoms with Crippen molar-refractivity contribution in [1.82, 2.24) is 9.88 Å². The highest BCUT2D eigenvalue weighted by atomic mass is 16.4. The molecule has 1 heterocycles. The van der Waals surface area contributed by atoms with Gasteiger partial charge in [-0.05, 0) is 38.1 Å². The quantitative estimate of drug-likeness (QED) is 0.827. The van der Waals surface area contributed by atoms with Gasteiger partial charge in [-0.25, -0.2) is 0 Å². The number of carboxylic acid groups (broad SMARTS) is 1. The van der Waals surface area contributed by atoms with Crippen LogP contribution >= 0.6 is 0 Å². The van der Waals surface area contributed by atoms with Crippen molar-refractivity contribution in [2.45, 2.75) is 32.4 Å². The van der Waals surface area contributed by atoms with Crippen LogP contribution in [-0.2, 0) is 4.79 Å². The summed E-state index contributed by atoms with van der Waals surface area (Å²) in [6.07, 6.45) is 4.05. The van der Waals surface area contributed by atoms with Gasteiger partial charge in [0.25, 0.3) is 0 Å². The fourth-order valence-electron chi connectivity index (χ4n) is 1.78. The third-order valence-electron chi connectivity index (χ3n) is 2.96. The molecule has 0 saturated heterocycles. The first-order valence-corrected chi connectivity index (χ1v) is 5.42. The van der Waals surface area contributed by atoms with Crippen molar-refractivity contribution in [3.05, 3.63) is 30.1 Å². The van der Waals surface area contributed by atoms with Gasteiger partial charge in [0.2, 0.25) is 0 Å². The van der Waals surface area contributed by atoms with Gasteiger partial charge in [0, 0.05) is 18.4 Å². The topological polar surface area (TPSA) is 53.4 Å². The van der Waals surface area contributed by atoms with E-state index in [2.05, 4.69) is 4.98 Å². The number of carboxylic acids is 1. The number of likely N-dealkylation sites (N-methyl/N-ethyl adjacent to an activating group) is 1. The van der Waals surface area contributed by atoms with E-state index >= 15 is 0 Å². The molecule has 1 rings (SSSR count). The molecule has 0 radical (unpaired) electrons. The number of nitrogens with zero attached hydrogens (tertiary/aromatic N) is 2. The molecule has 0 saturated carbocycles. The summed E-state index contributed by atoms with van der Waals surface area (Å²) in [4.78, 5) is 16.9. The van der Waals surface area contributed by atoms with Crippen LogP contribution in [0, 0.1) is 0 Å². The highest BCUT2D eigenvalue weighted by molar-refractivity contribution is 5.73. The molecule has 0 spiro atoms. The van der Waals surface area contributed by atoms with Crippen molar-refractivity contribution < 1.29 is 9.90 Å². The van der Waals surface area contributed by atoms with Crippen molar-refractivity contribution in [3.8, 4) is 0 Å². The fourth-order valence-corrected chi connectivity index (χ4v) is 1.78. The third-order valence-corrected chi connectivity index (χ3v) is 2.96. The largest absolute Gasteiger partial charge is 0.480 e. The van der Waals surface area contributed by atoms with E-state index in [1.807, 2.05) is 37.9 Å². The molecular formula is C12H18N2O2. The molecule has 4 nitrogen and oxygen atoms in total. The van der Waals surface area contributed by atoms with Crippen LogP contribution in [0.2, 0.25) is 0 Å². The molecule has 4 heteroatoms. The number of hydrogen-bond donors (Lipinski definition) is 1. The Morgan fingerprint density at radius 2 is 2.06 bits per heavy atom. The number of rotatable bonds is 5. The van der Waals surface area contributed by atoms with Crippen molar-refractivity contribution in [3.63, 3.8) is 0 Å². The van der Waals surface area contributed by atoms with E-state index in [0.717, 1.165) is 5.56 Å². The highest BCUT2D eigenvalue weighted by Gasteiger charge is 2.24. The lowest BCUT2D eigenvalue weighted by Gasteiger charge is -2.30. The van der Waals surface area contributed by atoms with Gasteiger partial charge >= 0.3 is 5.97 Å². The van der Waals surface area contributed by atoms with Crippen LogP contribution < -0.4 is 0 Å². The normalized spacial score (nSPS) is 14.8. The lowest BCUT2D eigenvalue weighted by atomic mass is 10.1. The zero-order valence-electron chi connectivity index (χ0n) is 9.92. The minimum atomic E-state index is -0.772. The molecule has 0 aromatic carbocycles. The Kier molecular flexibility index (Phi) is 4.43. The van der Waals surface area contributed by atoms with E-state index in [9.17, 15) is 4.79 Å². The van der Waals surface area contributed by atoms with Gasteiger partial charge in [0.05, 0.1) is 0 Å². The first-order valence-electron chi connectivity index (χ1n) is 5.42. The number of hydrogen-bond acceptors (Lipinski definition) is 3. The zero-order valence-corrected chi connectivity index (χ0v) is 9.92. The molecule has 16 heavy (non-hydrogen) atoms. The Balaban J connectivity index is 2.81. The van der Waals surface area contributed by atoms with Gasteiger partial charge in [0.1, 0.15) is 6.04 Å². The predicted molar refractivity (Wildman–Crippen MR) is 62.1 cm³/mol. The number of aliphatic carboxylic acids is 1. The smallest absolute Gasteiger partial charge is 0.320 e. The second-order valence-corrected chi connectivity index (χ2v) is 3.88. The van der Waals surface area contributed by atoms with Gasteiger partial charge in [-0.3, -0.25) is 14.7 Å². The van der Waals surface area contributed by atoms with Crippen LogP contribution in [0.3, 0.4) is 0 Å². The highest BCUT2D eigenvalue weighted by Crippen LogP contribution is 2.21. The number of aromatic nitrogens is 1. The lowest BCUT2D eigenvalue weighted by molar-refractivity contribution is -0.143. The lowest BCUT2D eigenvalue weighted by Crippen LogP contribution is -2.39. The van der Waals surface area contributed by atoms with Crippen LogP contribution in [0.15, 0.2) is 24.5 Å². The Hall–Kier alpha value is -1.42. The third kappa shape index (κ3) is 2.79. The summed E-state index contributed by atoms with van der Waals surface area (Å²) in [5.74, 6) is -0.772. The molecule has 2 unspecified atom stereocenters. The van der Waals surface area contributed by atoms with E-state index in [1.54, 1.807) is 12.4 Å². The van der Waals surface area contributed by atoms with E-state index in [0.29, 0.717) is 6.42 Å². The average molecular weight is 222 g/mol. The maximum Gasteiger partial charge on any atom is 0.320 e. The molecule has 0 aliphatic heterocycles. The maximum atomic E-state index is 11.1. The molecular weight excluding hydrogens is 204 g/mol. The minimum Gasteiger partial charge on any atom is -0.480 e. The SMILES string of the molecule is CCC(C(=O)O)N(C)C(C)c1ccncc1. The van der Waals surface area contributed by atoms with E-state index in [4.69, 9.17) is 5.11 Å². The maximum absolute atomic E-state index is 11.1. The molecule has 0 bridgehead atoms. The summed E-state index contributed by atoms with van der Waals surface area (Å²) in [7, 11) is 1.84. The minimum absolute atomic E-state index is 0.0732. The van der Waals surface area contributed by atoms with Crippen LogP contribution in [-0.4, -0.2) is 34.0 Å². The van der Waals surface area contributed by atoms with Crippen LogP contribution in [0.1, 0.15) is 31.9 Å². The molecule has 1 aromatic heterocycles. The van der Waals surface area contributed by atoms with Crippen molar-refractivity contribution >= 4 is 5.97 Å². The van der Waals surface area contributed by atoms with Crippen molar-refractivity contribution in [1.29, 1.82) is 0 Å². The molecule has 0 fully saturated rings. The molecule has 2 atom stereocenters. The van der Waals surface area contributed by atoms with E-state index < -0.39 is 12.0 Å². The second kappa shape index (κ2) is 5.61. The second-order valence-electron chi connectivity index (χ2n) is 3.88. The van der Waals surface area contributed by atoms with E-state index in [1.165, 1.54) is 0 Å². The Morgan fingerprint density at radius 3 is 2.50 bits per heavy atom. The Labute approximate surface area is 95.9 Å². The predicted octanol–water partition coefficient (Wildman–Crippen LogP) is 1.94. The molecule has 1 aromatic rings. The van der Waals surface area contributed by atoms with Gasteiger partial charge in [-0.15, -0.1) is 0 Å². The van der Waals surface area contributed by atoms with Gasteiger partial charge in [-0.2, -0.15) is 0 Å². The summed E-state index contributed by atoms with van der Waals surface area (Å²) in [6, 6.07) is 3.46. The first kappa shape index (κ1) is 12.6. The summed E-state index contributed by atoms with van der Waals surface area (Å²) in [5, 5.41) is 9.09. The number of pyridine rings is 1. The summed E-state index contributed by atoms with van der Waals surface area (Å²) < 4.78 is 0. The van der Waals surface area contributed by atoms with E-state index in [-0.39, 0.29) is 6.04 Å². The number of carbonyl (C=O) groups is 1. The monoisotopic (exact) mass is 222 g/mol. The molecule has 0 aliphatic carbocycles. The van der Waals surface area contributed by atoms with Gasteiger partial charge in [0.15, 0.2) is 0 Å². The summed E-state index contributed by atoms with van der Waals surface area (Å²) in [5.41, 5.74) is 1.08. The fraction of sp³-hybridized carbons (Fsp3) is 0.500. The Bertz CT molecular complexity index is 340. The standard InChI is InChI=1S/C12H18N2O2/c1-4-11(12(15)16)14(3)9(2)10-5-7-13-8-6-10/h5-9,11H,4H2,1-3H3,(H,15,16). The Morgan fingerprint density at radius 1 is 1.50 bits per heavy atom. The molecule has 88 valence electrons. The first-order chi connectivity index (χ1) is 7.57.